The van der Waals surface area contributed by atoms with Crippen LogP contribution in [0.25, 0.3) is 0 Å². The molecule has 4 rings (SSSR count). The zero-order chi connectivity index (χ0) is 14.1. The van der Waals surface area contributed by atoms with Gasteiger partial charge < -0.3 is 5.32 Å². The number of benzene rings is 2. The van der Waals surface area contributed by atoms with Crippen LogP contribution in [0.2, 0.25) is 0 Å². The lowest BCUT2D eigenvalue weighted by molar-refractivity contribution is 0.415. The van der Waals surface area contributed by atoms with Gasteiger partial charge in [0.2, 0.25) is 0 Å². The number of rotatable bonds is 3. The molecule has 21 heavy (non-hydrogen) atoms. The van der Waals surface area contributed by atoms with Crippen molar-refractivity contribution in [3.63, 3.8) is 0 Å². The second-order valence-corrected chi connectivity index (χ2v) is 6.56. The fraction of sp³-hybridized carbons (Fsp3) is 0.400. The van der Waals surface area contributed by atoms with Crippen molar-refractivity contribution in [1.29, 1.82) is 0 Å². The van der Waals surface area contributed by atoms with Gasteiger partial charge in [-0.1, -0.05) is 55.0 Å². The first-order chi connectivity index (χ1) is 10.4. The summed E-state index contributed by atoms with van der Waals surface area (Å²) < 4.78 is 0. The molecule has 1 aliphatic heterocycles. The lowest BCUT2D eigenvalue weighted by Gasteiger charge is -2.31. The molecule has 1 atom stereocenters. The number of hydrogen-bond donors (Lipinski definition) is 1. The SMILES string of the molecule is c1ccc(C2CCC2)c(CC2CNCc3ccccc32)c1. The maximum atomic E-state index is 3.59. The summed E-state index contributed by atoms with van der Waals surface area (Å²) in [5, 5.41) is 3.59. The minimum atomic E-state index is 0.621. The second kappa shape index (κ2) is 5.65. The van der Waals surface area contributed by atoms with E-state index in [4.69, 9.17) is 0 Å². The van der Waals surface area contributed by atoms with Gasteiger partial charge in [0.15, 0.2) is 0 Å². The van der Waals surface area contributed by atoms with E-state index < -0.39 is 0 Å². The van der Waals surface area contributed by atoms with E-state index in [-0.39, 0.29) is 0 Å². The minimum absolute atomic E-state index is 0.621. The molecule has 0 saturated heterocycles. The van der Waals surface area contributed by atoms with E-state index in [1.165, 1.54) is 31.2 Å². The van der Waals surface area contributed by atoms with E-state index in [1.807, 2.05) is 0 Å². The topological polar surface area (TPSA) is 12.0 Å². The van der Waals surface area contributed by atoms with Crippen LogP contribution in [0, 0.1) is 0 Å². The van der Waals surface area contributed by atoms with Crippen molar-refractivity contribution < 1.29 is 0 Å². The summed E-state index contributed by atoms with van der Waals surface area (Å²) in [6, 6.07) is 18.1. The molecule has 0 radical (unpaired) electrons. The molecule has 1 heteroatoms. The maximum absolute atomic E-state index is 3.59. The second-order valence-electron chi connectivity index (χ2n) is 6.56. The van der Waals surface area contributed by atoms with Crippen LogP contribution in [0.1, 0.15) is 53.4 Å². The summed E-state index contributed by atoms with van der Waals surface area (Å²) in [5.74, 6) is 1.45. The maximum Gasteiger partial charge on any atom is 0.0208 e. The van der Waals surface area contributed by atoms with Gasteiger partial charge >= 0.3 is 0 Å². The highest BCUT2D eigenvalue weighted by Gasteiger charge is 2.25. The molecule has 1 nitrogen and oxygen atoms in total. The molecule has 1 unspecified atom stereocenters. The Hall–Kier alpha value is -1.60. The van der Waals surface area contributed by atoms with Crippen molar-refractivity contribution in [3.05, 3.63) is 70.8 Å². The van der Waals surface area contributed by atoms with Crippen molar-refractivity contribution in [2.75, 3.05) is 6.54 Å². The van der Waals surface area contributed by atoms with E-state index in [0.29, 0.717) is 5.92 Å². The zero-order valence-corrected chi connectivity index (χ0v) is 12.5. The van der Waals surface area contributed by atoms with E-state index >= 15 is 0 Å². The van der Waals surface area contributed by atoms with E-state index in [9.17, 15) is 0 Å². The Morgan fingerprint density at radius 1 is 0.905 bits per heavy atom. The quantitative estimate of drug-likeness (QED) is 0.877. The number of nitrogens with one attached hydrogen (secondary N) is 1. The highest BCUT2D eigenvalue weighted by Crippen LogP contribution is 2.39. The number of fused-ring (bicyclic) bond motifs is 1. The van der Waals surface area contributed by atoms with Gasteiger partial charge in [0.25, 0.3) is 0 Å². The van der Waals surface area contributed by atoms with Crippen molar-refractivity contribution >= 4 is 0 Å². The van der Waals surface area contributed by atoms with Crippen LogP contribution in [0.15, 0.2) is 48.5 Å². The Bertz CT molecular complexity index is 627. The zero-order valence-electron chi connectivity index (χ0n) is 12.5. The third-order valence-corrected chi connectivity index (χ3v) is 5.27. The molecule has 1 saturated carbocycles. The normalized spacial score (nSPS) is 21.6. The predicted molar refractivity (Wildman–Crippen MR) is 87.6 cm³/mol. The first-order valence-corrected chi connectivity index (χ1v) is 8.28. The molecule has 0 spiro atoms. The largest absolute Gasteiger partial charge is 0.312 e. The van der Waals surface area contributed by atoms with E-state index in [1.54, 1.807) is 16.7 Å². The number of hydrogen-bond acceptors (Lipinski definition) is 1. The van der Waals surface area contributed by atoms with Crippen LogP contribution < -0.4 is 5.32 Å². The van der Waals surface area contributed by atoms with Gasteiger partial charge in [-0.2, -0.15) is 0 Å². The highest BCUT2D eigenvalue weighted by atomic mass is 14.9. The molecule has 1 heterocycles. The Labute approximate surface area is 127 Å². The van der Waals surface area contributed by atoms with Crippen molar-refractivity contribution in [2.24, 2.45) is 0 Å². The molecule has 1 N–H and O–H groups in total. The smallest absolute Gasteiger partial charge is 0.0208 e. The first-order valence-electron chi connectivity index (χ1n) is 8.28. The summed E-state index contributed by atoms with van der Waals surface area (Å²) >= 11 is 0. The van der Waals surface area contributed by atoms with Crippen LogP contribution in [-0.4, -0.2) is 6.54 Å². The monoisotopic (exact) mass is 277 g/mol. The average Bonchev–Trinajstić information content (AvgIpc) is 2.48. The third kappa shape index (κ3) is 2.51. The fourth-order valence-corrected chi connectivity index (χ4v) is 3.87. The summed E-state index contributed by atoms with van der Waals surface area (Å²) in [6.45, 7) is 2.13. The molecule has 0 bridgehead atoms. The molecule has 0 amide bonds. The van der Waals surface area contributed by atoms with Gasteiger partial charge in [-0.15, -0.1) is 0 Å². The molecular weight excluding hydrogens is 254 g/mol. The molecule has 2 aromatic carbocycles. The van der Waals surface area contributed by atoms with Gasteiger partial charge in [0.1, 0.15) is 0 Å². The lowest BCUT2D eigenvalue weighted by atomic mass is 9.76. The average molecular weight is 277 g/mol. The molecule has 1 fully saturated rings. The van der Waals surface area contributed by atoms with Crippen LogP contribution in [0.5, 0.6) is 0 Å². The Morgan fingerprint density at radius 3 is 2.48 bits per heavy atom. The van der Waals surface area contributed by atoms with Gasteiger partial charge in [-0.25, -0.2) is 0 Å². The van der Waals surface area contributed by atoms with Crippen LogP contribution in [0.4, 0.5) is 0 Å². The van der Waals surface area contributed by atoms with Crippen LogP contribution in [0.3, 0.4) is 0 Å². The summed E-state index contributed by atoms with van der Waals surface area (Å²) in [6.07, 6.45) is 5.36. The van der Waals surface area contributed by atoms with Crippen molar-refractivity contribution in [3.8, 4) is 0 Å². The molecule has 0 aromatic heterocycles. The third-order valence-electron chi connectivity index (χ3n) is 5.27. The Morgan fingerprint density at radius 2 is 1.67 bits per heavy atom. The molecular formula is C20H23N. The standard InChI is InChI=1S/C20H23N/c1-3-10-19(15-8-5-9-15)16(6-1)12-18-14-21-13-17-7-2-4-11-20(17)18/h1-4,6-7,10-11,15,18,21H,5,8-9,12-14H2. The lowest BCUT2D eigenvalue weighted by Crippen LogP contribution is -2.29. The van der Waals surface area contributed by atoms with Crippen LogP contribution >= 0.6 is 0 Å². The minimum Gasteiger partial charge on any atom is -0.312 e. The molecule has 1 aliphatic carbocycles. The summed E-state index contributed by atoms with van der Waals surface area (Å²) in [7, 11) is 0. The van der Waals surface area contributed by atoms with E-state index in [0.717, 1.165) is 19.0 Å². The molecule has 2 aliphatic rings. The molecule has 108 valence electrons. The van der Waals surface area contributed by atoms with Crippen molar-refractivity contribution in [1.82, 2.24) is 5.32 Å². The van der Waals surface area contributed by atoms with Gasteiger partial charge in [-0.05, 0) is 47.4 Å². The van der Waals surface area contributed by atoms with Gasteiger partial charge in [-0.3, -0.25) is 0 Å². The van der Waals surface area contributed by atoms with Gasteiger partial charge in [0, 0.05) is 19.0 Å². The summed E-state index contributed by atoms with van der Waals surface area (Å²) in [5.41, 5.74) is 6.23. The van der Waals surface area contributed by atoms with Crippen molar-refractivity contribution in [2.45, 2.75) is 44.1 Å². The van der Waals surface area contributed by atoms with Crippen LogP contribution in [-0.2, 0) is 13.0 Å². The fourth-order valence-electron chi connectivity index (χ4n) is 3.87. The summed E-state index contributed by atoms with van der Waals surface area (Å²) in [4.78, 5) is 0. The van der Waals surface area contributed by atoms with Gasteiger partial charge in [0.05, 0.1) is 0 Å². The highest BCUT2D eigenvalue weighted by molar-refractivity contribution is 5.37. The Balaban J connectivity index is 1.62. The Kier molecular flexibility index (Phi) is 3.52. The predicted octanol–water partition coefficient (Wildman–Crippen LogP) is 4.38. The van der Waals surface area contributed by atoms with E-state index in [2.05, 4.69) is 53.8 Å². The molecule has 2 aromatic rings. The first kappa shape index (κ1) is 13.1.